The molecule has 30 heavy (non-hydrogen) atoms. The second-order valence-electron chi connectivity index (χ2n) is 8.81. The molecule has 0 spiro atoms. The molecule has 2 aromatic heterocycles. The number of nitrogens with zero attached hydrogens (tertiary/aromatic N) is 3. The molecule has 0 atom stereocenters. The molecular formula is C21H26FN5O2S. The van der Waals surface area contributed by atoms with Crippen molar-refractivity contribution in [3.05, 3.63) is 42.1 Å². The Bertz CT molecular complexity index is 1160. The minimum absolute atomic E-state index is 0.0534. The molecule has 9 heteroatoms. The Morgan fingerprint density at radius 3 is 2.47 bits per heavy atom. The number of benzene rings is 1. The molecule has 2 heterocycles. The second-order valence-corrected chi connectivity index (χ2v) is 11.3. The molecule has 0 unspecified atom stereocenters. The first-order valence-corrected chi connectivity index (χ1v) is 11.6. The maximum absolute atomic E-state index is 14.0. The highest BCUT2D eigenvalue weighted by molar-refractivity contribution is 7.90. The third-order valence-corrected chi connectivity index (χ3v) is 7.87. The number of nitrogens with one attached hydrogen (secondary N) is 2. The minimum Gasteiger partial charge on any atom is -0.326 e. The summed E-state index contributed by atoms with van der Waals surface area (Å²) in [5.74, 6) is 0.970. The van der Waals surface area contributed by atoms with Gasteiger partial charge in [0.25, 0.3) is 0 Å². The Labute approximate surface area is 175 Å². The number of hydrogen-bond acceptors (Lipinski definition) is 5. The largest absolute Gasteiger partial charge is 0.326 e. The van der Waals surface area contributed by atoms with Gasteiger partial charge in [-0.2, -0.15) is 0 Å². The first-order chi connectivity index (χ1) is 14.1. The molecule has 2 N–H and O–H groups in total. The molecule has 0 amide bonds. The van der Waals surface area contributed by atoms with Crippen molar-refractivity contribution in [2.24, 2.45) is 0 Å². The van der Waals surface area contributed by atoms with Crippen LogP contribution in [0.2, 0.25) is 0 Å². The standard InChI is InChI=1S/C21H26FN5O2S/c1-21(2,3)30(28,29)27-14-10-8-13(9-11-14)18-24-17-12-23-19(26-20(17)25-18)15-6-4-5-7-16(15)22/h4-7,12-14,27H,8-11H2,1-3H3,(H,23,24,25,26)/t13-,14-. The van der Waals surface area contributed by atoms with Gasteiger partial charge in [0.15, 0.2) is 11.5 Å². The molecule has 1 aliphatic carbocycles. The van der Waals surface area contributed by atoms with Crippen molar-refractivity contribution in [3.8, 4) is 11.4 Å². The first kappa shape index (κ1) is 20.9. The van der Waals surface area contributed by atoms with Gasteiger partial charge in [-0.3, -0.25) is 0 Å². The van der Waals surface area contributed by atoms with E-state index in [1.54, 1.807) is 45.2 Å². The summed E-state index contributed by atoms with van der Waals surface area (Å²) in [5.41, 5.74) is 1.57. The number of aromatic amines is 1. The van der Waals surface area contributed by atoms with Gasteiger partial charge in [0.2, 0.25) is 10.0 Å². The molecule has 0 saturated heterocycles. The van der Waals surface area contributed by atoms with Gasteiger partial charge < -0.3 is 4.98 Å². The molecule has 7 nitrogen and oxygen atoms in total. The van der Waals surface area contributed by atoms with E-state index in [1.807, 2.05) is 0 Å². The maximum Gasteiger partial charge on any atom is 0.216 e. The van der Waals surface area contributed by atoms with Gasteiger partial charge in [-0.25, -0.2) is 32.5 Å². The predicted molar refractivity (Wildman–Crippen MR) is 114 cm³/mol. The maximum atomic E-state index is 14.0. The van der Waals surface area contributed by atoms with E-state index in [4.69, 9.17) is 0 Å². The van der Waals surface area contributed by atoms with Crippen LogP contribution in [0.25, 0.3) is 22.6 Å². The predicted octanol–water partition coefficient (Wildman–Crippen LogP) is 3.90. The van der Waals surface area contributed by atoms with Crippen LogP contribution in [0.15, 0.2) is 30.5 Å². The zero-order valence-corrected chi connectivity index (χ0v) is 18.1. The molecular weight excluding hydrogens is 405 g/mol. The molecule has 1 aliphatic rings. The quantitative estimate of drug-likeness (QED) is 0.652. The van der Waals surface area contributed by atoms with Crippen LogP contribution in [0, 0.1) is 5.82 Å². The third kappa shape index (κ3) is 4.09. The van der Waals surface area contributed by atoms with Crippen molar-refractivity contribution >= 4 is 21.2 Å². The van der Waals surface area contributed by atoms with Crippen LogP contribution in [-0.2, 0) is 10.0 Å². The summed E-state index contributed by atoms with van der Waals surface area (Å²) >= 11 is 0. The Morgan fingerprint density at radius 2 is 1.80 bits per heavy atom. The molecule has 3 aromatic rings. The number of rotatable bonds is 4. The summed E-state index contributed by atoms with van der Waals surface area (Å²) in [6.07, 6.45) is 4.76. The van der Waals surface area contributed by atoms with Gasteiger partial charge in [0.1, 0.15) is 17.2 Å². The second kappa shape index (κ2) is 7.70. The molecule has 1 fully saturated rings. The van der Waals surface area contributed by atoms with E-state index in [9.17, 15) is 12.8 Å². The topological polar surface area (TPSA) is 101 Å². The van der Waals surface area contributed by atoms with E-state index >= 15 is 0 Å². The van der Waals surface area contributed by atoms with E-state index < -0.39 is 14.8 Å². The minimum atomic E-state index is -3.36. The molecule has 160 valence electrons. The summed E-state index contributed by atoms with van der Waals surface area (Å²) in [6, 6.07) is 6.35. The summed E-state index contributed by atoms with van der Waals surface area (Å²) in [7, 11) is -3.36. The highest BCUT2D eigenvalue weighted by Gasteiger charge is 2.33. The van der Waals surface area contributed by atoms with E-state index in [2.05, 4.69) is 24.7 Å². The number of sulfonamides is 1. The van der Waals surface area contributed by atoms with Crippen LogP contribution in [0.3, 0.4) is 0 Å². The number of H-pyrrole nitrogens is 1. The van der Waals surface area contributed by atoms with Crippen LogP contribution in [-0.4, -0.2) is 39.1 Å². The van der Waals surface area contributed by atoms with E-state index in [0.29, 0.717) is 22.6 Å². The zero-order valence-electron chi connectivity index (χ0n) is 17.3. The lowest BCUT2D eigenvalue weighted by molar-refractivity contribution is 0.364. The van der Waals surface area contributed by atoms with E-state index in [-0.39, 0.29) is 17.8 Å². The lowest BCUT2D eigenvalue weighted by Crippen LogP contribution is -2.45. The number of fused-ring (bicyclic) bond motifs is 1. The lowest BCUT2D eigenvalue weighted by atomic mass is 9.86. The molecule has 1 saturated carbocycles. The summed E-state index contributed by atoms with van der Waals surface area (Å²) < 4.78 is 40.9. The molecule has 0 bridgehead atoms. The van der Waals surface area contributed by atoms with Crippen LogP contribution in [0.5, 0.6) is 0 Å². The first-order valence-electron chi connectivity index (χ1n) is 10.1. The van der Waals surface area contributed by atoms with Gasteiger partial charge in [-0.05, 0) is 58.6 Å². The number of imidazole rings is 1. The van der Waals surface area contributed by atoms with Crippen molar-refractivity contribution < 1.29 is 12.8 Å². The lowest BCUT2D eigenvalue weighted by Gasteiger charge is -2.30. The normalized spacial score (nSPS) is 20.5. The van der Waals surface area contributed by atoms with Crippen molar-refractivity contribution in [2.45, 2.75) is 63.2 Å². The third-order valence-electron chi connectivity index (χ3n) is 5.61. The fourth-order valence-corrected chi connectivity index (χ4v) is 4.70. The van der Waals surface area contributed by atoms with Gasteiger partial charge in [0.05, 0.1) is 16.5 Å². The summed E-state index contributed by atoms with van der Waals surface area (Å²) in [6.45, 7) is 5.10. The van der Waals surface area contributed by atoms with Crippen LogP contribution >= 0.6 is 0 Å². The molecule has 0 aliphatic heterocycles. The molecule has 1 aromatic carbocycles. The Hall–Kier alpha value is -2.39. The smallest absolute Gasteiger partial charge is 0.216 e. The van der Waals surface area contributed by atoms with Crippen molar-refractivity contribution in [1.29, 1.82) is 0 Å². The van der Waals surface area contributed by atoms with Crippen LogP contribution < -0.4 is 4.72 Å². The number of aromatic nitrogens is 4. The molecule has 4 rings (SSSR count). The number of halogens is 1. The van der Waals surface area contributed by atoms with Gasteiger partial charge in [-0.15, -0.1) is 0 Å². The van der Waals surface area contributed by atoms with E-state index in [0.717, 1.165) is 31.5 Å². The monoisotopic (exact) mass is 431 g/mol. The fraction of sp³-hybridized carbons (Fsp3) is 0.476. The van der Waals surface area contributed by atoms with Crippen LogP contribution in [0.4, 0.5) is 4.39 Å². The Morgan fingerprint density at radius 1 is 1.10 bits per heavy atom. The van der Waals surface area contributed by atoms with Crippen molar-refractivity contribution in [3.63, 3.8) is 0 Å². The fourth-order valence-electron chi connectivity index (χ4n) is 3.67. The highest BCUT2D eigenvalue weighted by Crippen LogP contribution is 2.33. The van der Waals surface area contributed by atoms with Gasteiger partial charge >= 0.3 is 0 Å². The Kier molecular flexibility index (Phi) is 5.36. The van der Waals surface area contributed by atoms with Crippen molar-refractivity contribution in [1.82, 2.24) is 24.7 Å². The Balaban J connectivity index is 1.48. The number of hydrogen-bond donors (Lipinski definition) is 2. The average molecular weight is 432 g/mol. The van der Waals surface area contributed by atoms with Crippen molar-refractivity contribution in [2.75, 3.05) is 0 Å². The van der Waals surface area contributed by atoms with Gasteiger partial charge in [0, 0.05) is 12.0 Å². The SMILES string of the molecule is CC(C)(C)S(=O)(=O)N[C@H]1CC[C@H](c2nc3cnc(-c4ccccc4F)nc3[nH]2)CC1. The van der Waals surface area contributed by atoms with Crippen LogP contribution in [0.1, 0.15) is 58.2 Å². The highest BCUT2D eigenvalue weighted by atomic mass is 32.2. The molecule has 0 radical (unpaired) electrons. The van der Waals surface area contributed by atoms with E-state index in [1.165, 1.54) is 6.07 Å². The summed E-state index contributed by atoms with van der Waals surface area (Å²) in [4.78, 5) is 16.6. The summed E-state index contributed by atoms with van der Waals surface area (Å²) in [5, 5.41) is 0. The average Bonchev–Trinajstić information content (AvgIpc) is 3.11. The zero-order chi connectivity index (χ0) is 21.5. The van der Waals surface area contributed by atoms with Gasteiger partial charge in [-0.1, -0.05) is 12.1 Å².